The molecule has 140 valence electrons. The lowest BCUT2D eigenvalue weighted by Gasteiger charge is -2.06. The van der Waals surface area contributed by atoms with E-state index in [0.717, 1.165) is 39.0 Å². The second kappa shape index (κ2) is 6.67. The Balaban J connectivity index is 1.67. The van der Waals surface area contributed by atoms with E-state index in [9.17, 15) is 0 Å². The van der Waals surface area contributed by atoms with Crippen molar-refractivity contribution in [1.29, 1.82) is 0 Å². The van der Waals surface area contributed by atoms with Gasteiger partial charge in [0.05, 0.1) is 17.1 Å². The van der Waals surface area contributed by atoms with Crippen LogP contribution in [0.4, 0.5) is 0 Å². The van der Waals surface area contributed by atoms with Crippen molar-refractivity contribution < 1.29 is 9.13 Å². The van der Waals surface area contributed by atoms with Gasteiger partial charge in [-0.1, -0.05) is 30.3 Å². The summed E-state index contributed by atoms with van der Waals surface area (Å²) < 4.78 is 4.27. The van der Waals surface area contributed by atoms with Crippen molar-refractivity contribution in [2.75, 3.05) is 0 Å². The molecule has 0 radical (unpaired) electrons. The molecular weight excluding hydrogens is 370 g/mol. The molecule has 0 fully saturated rings. The van der Waals surface area contributed by atoms with Crippen molar-refractivity contribution in [3.8, 4) is 11.5 Å². The van der Waals surface area contributed by atoms with Crippen molar-refractivity contribution in [2.45, 2.75) is 0 Å². The minimum Gasteiger partial charge on any atom is -0.242 e. The highest BCUT2D eigenvalue weighted by Crippen LogP contribution is 2.19. The van der Waals surface area contributed by atoms with Gasteiger partial charge >= 0.3 is 5.82 Å². The first kappa shape index (κ1) is 16.7. The number of nitrogens with zero attached hydrogens (tertiary/aromatic N) is 5. The number of pyridine rings is 1. The Morgan fingerprint density at radius 2 is 1.43 bits per heavy atom. The molecule has 0 spiro atoms. The van der Waals surface area contributed by atoms with Gasteiger partial charge in [0.2, 0.25) is 17.5 Å². The lowest BCUT2D eigenvalue weighted by Crippen LogP contribution is -2.36. The van der Waals surface area contributed by atoms with Crippen LogP contribution < -0.4 is 9.13 Å². The highest BCUT2D eigenvalue weighted by atomic mass is 15.1. The largest absolute Gasteiger partial charge is 0.339 e. The zero-order valence-electron chi connectivity index (χ0n) is 16.1. The van der Waals surface area contributed by atoms with Crippen LogP contribution in [0.3, 0.4) is 0 Å². The van der Waals surface area contributed by atoms with Gasteiger partial charge in [-0.25, -0.2) is 9.97 Å². The van der Waals surface area contributed by atoms with Crippen molar-refractivity contribution in [3.63, 3.8) is 0 Å². The van der Waals surface area contributed by atoms with E-state index in [0.29, 0.717) is 0 Å². The Bertz CT molecular complexity index is 1430. The number of hydrogen-bond donors (Lipinski definition) is 0. The molecule has 5 heteroatoms. The standard InChI is InChI=1S/C25H17N5/c1-4-11-21-18(7-1)8-6-15-29(21)22-12-5-13-23-24(22)26-14-16-30(23)25-19-9-2-3-10-20(19)27-17-28-25/h1-17H/q+2. The van der Waals surface area contributed by atoms with Crippen LogP contribution >= 0.6 is 0 Å². The molecule has 5 nitrogen and oxygen atoms in total. The summed E-state index contributed by atoms with van der Waals surface area (Å²) in [7, 11) is 0. The van der Waals surface area contributed by atoms with Gasteiger partial charge in [-0.3, -0.25) is 0 Å². The summed E-state index contributed by atoms with van der Waals surface area (Å²) in [5.74, 6) is 0.841. The Hall–Kier alpha value is -4.25. The zero-order valence-corrected chi connectivity index (χ0v) is 16.1. The summed E-state index contributed by atoms with van der Waals surface area (Å²) in [6.45, 7) is 0. The molecule has 0 N–H and O–H groups in total. The average Bonchev–Trinajstić information content (AvgIpc) is 2.83. The molecule has 0 atom stereocenters. The van der Waals surface area contributed by atoms with E-state index in [-0.39, 0.29) is 0 Å². The smallest absolute Gasteiger partial charge is 0.242 e. The molecule has 6 rings (SSSR count). The first-order valence-corrected chi connectivity index (χ1v) is 9.79. The van der Waals surface area contributed by atoms with Crippen LogP contribution in [0.1, 0.15) is 0 Å². The third-order valence-electron chi connectivity index (χ3n) is 5.39. The summed E-state index contributed by atoms with van der Waals surface area (Å²) in [5, 5.41) is 2.18. The first-order valence-electron chi connectivity index (χ1n) is 9.79. The van der Waals surface area contributed by atoms with Crippen LogP contribution in [0.5, 0.6) is 0 Å². The summed E-state index contributed by atoms with van der Waals surface area (Å²) >= 11 is 0. The van der Waals surface area contributed by atoms with Crippen LogP contribution in [0, 0.1) is 0 Å². The summed E-state index contributed by atoms with van der Waals surface area (Å²) in [4.78, 5) is 13.7. The summed E-state index contributed by atoms with van der Waals surface area (Å²) in [5.41, 5.74) is 4.97. The van der Waals surface area contributed by atoms with Crippen LogP contribution in [-0.4, -0.2) is 15.0 Å². The van der Waals surface area contributed by atoms with Crippen LogP contribution in [0.25, 0.3) is 44.3 Å². The highest BCUT2D eigenvalue weighted by Gasteiger charge is 2.22. The SMILES string of the molecule is c1ccc2c(c1)ccc[n+]2-c1cccc2c1ncc[n+]2-c1ncnc2ccccc12. The van der Waals surface area contributed by atoms with Crippen LogP contribution in [-0.2, 0) is 0 Å². The number of hydrogen-bond acceptors (Lipinski definition) is 3. The van der Waals surface area contributed by atoms with E-state index in [2.05, 4.69) is 79.9 Å². The highest BCUT2D eigenvalue weighted by molar-refractivity contribution is 5.85. The molecule has 0 bridgehead atoms. The van der Waals surface area contributed by atoms with Crippen LogP contribution in [0.15, 0.2) is 104 Å². The maximum absolute atomic E-state index is 4.75. The fourth-order valence-corrected chi connectivity index (χ4v) is 4.03. The fraction of sp³-hybridized carbons (Fsp3) is 0. The van der Waals surface area contributed by atoms with Gasteiger partial charge in [0, 0.05) is 23.6 Å². The van der Waals surface area contributed by atoms with Gasteiger partial charge in [0.1, 0.15) is 6.20 Å². The number of benzene rings is 3. The molecular formula is C25H17N5+2. The number of para-hydroxylation sites is 3. The number of fused-ring (bicyclic) bond motifs is 3. The third kappa shape index (κ3) is 2.53. The molecule has 0 aliphatic heterocycles. The van der Waals surface area contributed by atoms with E-state index in [4.69, 9.17) is 4.98 Å². The molecule has 30 heavy (non-hydrogen) atoms. The molecule has 3 aromatic heterocycles. The van der Waals surface area contributed by atoms with Crippen molar-refractivity contribution in [2.24, 2.45) is 0 Å². The molecule has 0 saturated carbocycles. The zero-order chi connectivity index (χ0) is 19.9. The summed E-state index contributed by atoms with van der Waals surface area (Å²) in [6.07, 6.45) is 7.47. The lowest BCUT2D eigenvalue weighted by molar-refractivity contribution is -0.574. The van der Waals surface area contributed by atoms with Crippen molar-refractivity contribution >= 4 is 32.8 Å². The van der Waals surface area contributed by atoms with E-state index >= 15 is 0 Å². The molecule has 0 aliphatic carbocycles. The molecule has 0 amide bonds. The van der Waals surface area contributed by atoms with Gasteiger partial charge in [-0.05, 0) is 35.3 Å². The lowest BCUT2D eigenvalue weighted by atomic mass is 10.2. The van der Waals surface area contributed by atoms with E-state index in [1.165, 1.54) is 5.39 Å². The van der Waals surface area contributed by atoms with Gasteiger partial charge in [0.15, 0.2) is 17.2 Å². The average molecular weight is 387 g/mol. The van der Waals surface area contributed by atoms with Gasteiger partial charge < -0.3 is 0 Å². The monoisotopic (exact) mass is 387 g/mol. The van der Waals surface area contributed by atoms with Gasteiger partial charge in [-0.15, -0.1) is 0 Å². The maximum atomic E-state index is 4.75. The van der Waals surface area contributed by atoms with Crippen molar-refractivity contribution in [3.05, 3.63) is 104 Å². The second-order valence-corrected chi connectivity index (χ2v) is 7.09. The quantitative estimate of drug-likeness (QED) is 0.424. The topological polar surface area (TPSA) is 46.4 Å². The van der Waals surface area contributed by atoms with E-state index < -0.39 is 0 Å². The second-order valence-electron chi connectivity index (χ2n) is 7.09. The predicted octanol–water partition coefficient (Wildman–Crippen LogP) is 3.88. The predicted molar refractivity (Wildman–Crippen MR) is 115 cm³/mol. The molecule has 0 saturated heterocycles. The Morgan fingerprint density at radius 1 is 0.600 bits per heavy atom. The molecule has 3 heterocycles. The van der Waals surface area contributed by atoms with Crippen molar-refractivity contribution in [1.82, 2.24) is 15.0 Å². The minimum atomic E-state index is 0.841. The number of aromatic nitrogens is 5. The first-order chi connectivity index (χ1) is 14.9. The Kier molecular flexibility index (Phi) is 3.71. The minimum absolute atomic E-state index is 0.841. The third-order valence-corrected chi connectivity index (χ3v) is 5.39. The van der Waals surface area contributed by atoms with E-state index in [1.807, 2.05) is 36.7 Å². The molecule has 0 unspecified atom stereocenters. The maximum Gasteiger partial charge on any atom is 0.339 e. The fourth-order valence-electron chi connectivity index (χ4n) is 4.03. The Labute approximate surface area is 172 Å². The normalized spacial score (nSPS) is 11.3. The molecule has 3 aromatic carbocycles. The molecule has 0 aliphatic rings. The summed E-state index contributed by atoms with van der Waals surface area (Å²) in [6, 6.07) is 26.9. The van der Waals surface area contributed by atoms with E-state index in [1.54, 1.807) is 6.33 Å². The van der Waals surface area contributed by atoms with Crippen LogP contribution in [0.2, 0.25) is 0 Å². The van der Waals surface area contributed by atoms with Gasteiger partial charge in [0.25, 0.3) is 0 Å². The Morgan fingerprint density at radius 3 is 2.43 bits per heavy atom. The molecule has 6 aromatic rings. The number of rotatable bonds is 2. The van der Waals surface area contributed by atoms with Gasteiger partial charge in [-0.2, -0.15) is 9.13 Å².